The average Bonchev–Trinajstić information content (AvgIpc) is 2.34. The van der Waals surface area contributed by atoms with Gasteiger partial charge in [-0.25, -0.2) is 9.13 Å². The summed E-state index contributed by atoms with van der Waals surface area (Å²) in [6, 6.07) is 0. The molecule has 0 aliphatic rings. The molecule has 0 heterocycles. The molecule has 0 radical (unpaired) electrons. The smallest absolute Gasteiger partial charge is 0.302 e. The van der Waals surface area contributed by atoms with Crippen LogP contribution in [0.3, 0.4) is 0 Å². The second-order valence-electron chi connectivity index (χ2n) is 5.80. The van der Waals surface area contributed by atoms with Crippen molar-refractivity contribution >= 4 is 15.6 Å². The van der Waals surface area contributed by atoms with E-state index in [0.717, 1.165) is 31.3 Å². The Morgan fingerprint density at radius 3 is 2.12 bits per heavy atom. The third kappa shape index (κ3) is 15.0. The van der Waals surface area contributed by atoms with Gasteiger partial charge in [-0.3, -0.25) is 4.52 Å². The van der Waals surface area contributed by atoms with Gasteiger partial charge in [0, 0.05) is 0 Å². The Morgan fingerprint density at radius 2 is 1.58 bits per heavy atom. The van der Waals surface area contributed by atoms with Crippen LogP contribution in [0.5, 0.6) is 0 Å². The number of phosphoric ester groups is 1. The summed E-state index contributed by atoms with van der Waals surface area (Å²) in [6.07, 6.45) is 9.59. The Bertz CT molecular complexity index is 568. The summed E-state index contributed by atoms with van der Waals surface area (Å²) < 4.78 is 29.9. The van der Waals surface area contributed by atoms with Gasteiger partial charge in [-0.05, 0) is 53.4 Å². The highest BCUT2D eigenvalue weighted by Gasteiger charge is 2.31. The maximum Gasteiger partial charge on any atom is 0.481 e. The molecule has 140 valence electrons. The lowest BCUT2D eigenvalue weighted by molar-refractivity contribution is 0.191. The lowest BCUT2D eigenvalue weighted by atomic mass is 10.1. The fraction of sp³-hybridized carbons (Fsp3) is 0.600. The predicted molar refractivity (Wildman–Crippen MR) is 94.3 cm³/mol. The van der Waals surface area contributed by atoms with E-state index in [1.54, 1.807) is 6.08 Å². The summed E-state index contributed by atoms with van der Waals surface area (Å²) in [7, 11) is -9.82. The highest BCUT2D eigenvalue weighted by Crippen LogP contribution is 2.57. The van der Waals surface area contributed by atoms with Crippen molar-refractivity contribution in [3.05, 3.63) is 34.9 Å². The normalized spacial score (nSPS) is 16.0. The van der Waals surface area contributed by atoms with Crippen molar-refractivity contribution in [1.82, 2.24) is 0 Å². The molecular formula is C15H28O7P2. The van der Waals surface area contributed by atoms with Crippen LogP contribution in [0.4, 0.5) is 0 Å². The van der Waals surface area contributed by atoms with Crippen LogP contribution >= 0.6 is 15.6 Å². The van der Waals surface area contributed by atoms with Gasteiger partial charge in [0.25, 0.3) is 0 Å². The van der Waals surface area contributed by atoms with E-state index in [-0.39, 0.29) is 6.61 Å². The first kappa shape index (κ1) is 23.5. The van der Waals surface area contributed by atoms with Gasteiger partial charge in [0.05, 0.1) is 6.61 Å². The summed E-state index contributed by atoms with van der Waals surface area (Å²) in [5.41, 5.74) is 3.57. The van der Waals surface area contributed by atoms with Crippen LogP contribution in [0.25, 0.3) is 0 Å². The third-order valence-electron chi connectivity index (χ3n) is 3.00. The van der Waals surface area contributed by atoms with Gasteiger partial charge in [-0.2, -0.15) is 4.31 Å². The van der Waals surface area contributed by atoms with E-state index in [0.29, 0.717) is 0 Å². The lowest BCUT2D eigenvalue weighted by Crippen LogP contribution is -1.94. The van der Waals surface area contributed by atoms with Gasteiger partial charge in [0.2, 0.25) is 0 Å². The van der Waals surface area contributed by atoms with Gasteiger partial charge >= 0.3 is 15.6 Å². The Kier molecular flexibility index (Phi) is 10.9. The Hall–Kier alpha value is -0.520. The lowest BCUT2D eigenvalue weighted by Gasteiger charge is -2.11. The van der Waals surface area contributed by atoms with E-state index in [2.05, 4.69) is 41.8 Å². The molecule has 9 heteroatoms. The monoisotopic (exact) mass is 384 g/mol. The third-order valence-corrected chi connectivity index (χ3v) is 5.15. The zero-order valence-electron chi connectivity index (χ0n) is 14.6. The van der Waals surface area contributed by atoms with Gasteiger partial charge < -0.3 is 14.7 Å². The fourth-order valence-electron chi connectivity index (χ4n) is 1.77. The minimum atomic E-state index is -5.07. The van der Waals surface area contributed by atoms with E-state index in [4.69, 9.17) is 14.7 Å². The first-order valence-electron chi connectivity index (χ1n) is 7.60. The Balaban J connectivity index is 4.18. The van der Waals surface area contributed by atoms with Crippen molar-refractivity contribution in [3.63, 3.8) is 0 Å². The van der Waals surface area contributed by atoms with Crippen LogP contribution in [0.2, 0.25) is 0 Å². The molecule has 0 saturated heterocycles. The zero-order valence-corrected chi connectivity index (χ0v) is 16.4. The fourth-order valence-corrected chi connectivity index (χ4v) is 3.30. The highest BCUT2D eigenvalue weighted by atomic mass is 31.3. The van der Waals surface area contributed by atoms with Gasteiger partial charge in [-0.1, -0.05) is 34.9 Å². The summed E-state index contributed by atoms with van der Waals surface area (Å²) in [6.45, 7) is 7.82. The molecule has 24 heavy (non-hydrogen) atoms. The molecule has 0 amide bonds. The molecular weight excluding hydrogens is 356 g/mol. The van der Waals surface area contributed by atoms with E-state index < -0.39 is 15.6 Å². The van der Waals surface area contributed by atoms with Crippen molar-refractivity contribution in [3.8, 4) is 0 Å². The summed E-state index contributed by atoms with van der Waals surface area (Å²) in [5.74, 6) is 0. The molecule has 0 aromatic rings. The summed E-state index contributed by atoms with van der Waals surface area (Å²) >= 11 is 0. The van der Waals surface area contributed by atoms with Crippen LogP contribution in [-0.2, 0) is 18.0 Å². The maximum absolute atomic E-state index is 11.2. The van der Waals surface area contributed by atoms with Crippen LogP contribution in [0.1, 0.15) is 53.4 Å². The second-order valence-corrected chi connectivity index (χ2v) is 8.63. The van der Waals surface area contributed by atoms with Gasteiger partial charge in [0.15, 0.2) is 0 Å². The number of rotatable bonds is 11. The van der Waals surface area contributed by atoms with Crippen LogP contribution in [0.15, 0.2) is 34.9 Å². The molecule has 0 aromatic carbocycles. The van der Waals surface area contributed by atoms with Crippen LogP contribution in [-0.4, -0.2) is 21.3 Å². The molecule has 1 unspecified atom stereocenters. The van der Waals surface area contributed by atoms with Crippen LogP contribution < -0.4 is 0 Å². The molecule has 3 N–H and O–H groups in total. The quantitative estimate of drug-likeness (QED) is 0.351. The molecule has 7 nitrogen and oxygen atoms in total. The average molecular weight is 384 g/mol. The number of phosphoric acid groups is 2. The predicted octanol–water partition coefficient (Wildman–Crippen LogP) is 4.63. The number of hydrogen-bond acceptors (Lipinski definition) is 4. The van der Waals surface area contributed by atoms with Crippen molar-refractivity contribution in [1.29, 1.82) is 0 Å². The molecule has 0 fully saturated rings. The van der Waals surface area contributed by atoms with Crippen molar-refractivity contribution < 1.29 is 32.6 Å². The van der Waals surface area contributed by atoms with Crippen molar-refractivity contribution in [2.24, 2.45) is 0 Å². The van der Waals surface area contributed by atoms with Crippen LogP contribution in [0, 0.1) is 0 Å². The topological polar surface area (TPSA) is 113 Å². The first-order chi connectivity index (χ1) is 10.9. The molecule has 0 rings (SSSR count). The maximum atomic E-state index is 11.2. The molecule has 0 aliphatic heterocycles. The van der Waals surface area contributed by atoms with Crippen molar-refractivity contribution in [2.75, 3.05) is 6.61 Å². The summed E-state index contributed by atoms with van der Waals surface area (Å²) in [4.78, 5) is 26.1. The SMILES string of the molecule is CC(C)=CCCC(C)=CCCC(C)=[14CH]COP(=O)(O)OP(=O)(O)O. The highest BCUT2D eigenvalue weighted by molar-refractivity contribution is 7.60. The minimum Gasteiger partial charge on any atom is -0.302 e. The number of hydrogen-bond donors (Lipinski definition) is 3. The van der Waals surface area contributed by atoms with Gasteiger partial charge in [-0.15, -0.1) is 0 Å². The second kappa shape index (κ2) is 11.2. The number of allylic oxidation sites excluding steroid dienone is 5. The Morgan fingerprint density at radius 1 is 1.00 bits per heavy atom. The minimum absolute atomic E-state index is 0.261. The van der Waals surface area contributed by atoms with E-state index in [9.17, 15) is 9.13 Å². The molecule has 0 spiro atoms. The zero-order chi connectivity index (χ0) is 18.8. The first-order valence-corrected chi connectivity index (χ1v) is 10.6. The van der Waals surface area contributed by atoms with E-state index >= 15 is 0 Å². The largest absolute Gasteiger partial charge is 0.481 e. The Labute approximate surface area is 143 Å². The molecule has 0 aromatic heterocycles. The standard InChI is InChI=1S/C15H28O7P2/c1-13(2)7-5-8-14(3)9-6-10-15(4)11-12-21-24(19,20)22-23(16,17)18/h7,9,11H,5-6,8,10,12H2,1-4H3,(H,19,20)(H2,16,17,18)/i11+2. The van der Waals surface area contributed by atoms with E-state index in [1.165, 1.54) is 11.1 Å². The molecule has 0 bridgehead atoms. The summed E-state index contributed by atoms with van der Waals surface area (Å²) in [5, 5.41) is 0. The van der Waals surface area contributed by atoms with Crippen molar-refractivity contribution in [2.45, 2.75) is 53.4 Å². The molecule has 0 saturated carbocycles. The van der Waals surface area contributed by atoms with Gasteiger partial charge in [0.1, 0.15) is 0 Å². The molecule has 1 atom stereocenters. The van der Waals surface area contributed by atoms with E-state index in [1.807, 2.05) is 6.92 Å². The molecule has 0 aliphatic carbocycles.